The summed E-state index contributed by atoms with van der Waals surface area (Å²) in [5.41, 5.74) is 0. The lowest BCUT2D eigenvalue weighted by atomic mass is 9.82. The minimum absolute atomic E-state index is 0.0641. The number of hydrogen-bond acceptors (Lipinski definition) is 4. The average Bonchev–Trinajstić information content (AvgIpc) is 2.79. The highest BCUT2D eigenvalue weighted by atomic mass is 16.1. The van der Waals surface area contributed by atoms with Crippen LogP contribution in [0, 0.1) is 5.92 Å². The molecule has 2 fully saturated rings. The zero-order chi connectivity index (χ0) is 14.7. The van der Waals surface area contributed by atoms with Crippen molar-refractivity contribution in [1.29, 1.82) is 0 Å². The molecule has 0 unspecified atom stereocenters. The van der Waals surface area contributed by atoms with Crippen LogP contribution in [0.4, 0.5) is 5.95 Å². The van der Waals surface area contributed by atoms with E-state index in [4.69, 9.17) is 0 Å². The van der Waals surface area contributed by atoms with Gasteiger partial charge in [-0.2, -0.15) is 10.1 Å². The fraction of sp³-hybridized carbons (Fsp3) is 0.800. The van der Waals surface area contributed by atoms with Crippen LogP contribution in [0.2, 0.25) is 0 Å². The lowest BCUT2D eigenvalue weighted by molar-refractivity contribution is -0.116. The number of nitrogens with zero attached hydrogens (tertiary/aromatic N) is 3. The van der Waals surface area contributed by atoms with Crippen molar-refractivity contribution < 1.29 is 4.79 Å². The SMILES string of the molecule is Cn1nc(C2CCNCC2)nc1NC(=O)CCC1CCC1. The first-order valence-electron chi connectivity index (χ1n) is 8.14. The van der Waals surface area contributed by atoms with Gasteiger partial charge in [0.1, 0.15) is 0 Å². The number of carbonyl (C=O) groups is 1. The van der Waals surface area contributed by atoms with Crippen molar-refractivity contribution in [1.82, 2.24) is 20.1 Å². The van der Waals surface area contributed by atoms with Crippen molar-refractivity contribution >= 4 is 11.9 Å². The van der Waals surface area contributed by atoms with Crippen LogP contribution in [0.15, 0.2) is 0 Å². The average molecular weight is 291 g/mol. The first kappa shape index (κ1) is 14.5. The van der Waals surface area contributed by atoms with E-state index in [1.165, 1.54) is 19.3 Å². The van der Waals surface area contributed by atoms with E-state index in [9.17, 15) is 4.79 Å². The summed E-state index contributed by atoms with van der Waals surface area (Å²) in [6.45, 7) is 2.04. The molecule has 3 rings (SSSR count). The van der Waals surface area contributed by atoms with Crippen LogP contribution < -0.4 is 10.6 Å². The molecule has 21 heavy (non-hydrogen) atoms. The van der Waals surface area contributed by atoms with E-state index in [0.717, 1.165) is 44.1 Å². The number of rotatable bonds is 5. The number of nitrogens with one attached hydrogen (secondary N) is 2. The highest BCUT2D eigenvalue weighted by molar-refractivity contribution is 5.88. The molecule has 2 N–H and O–H groups in total. The van der Waals surface area contributed by atoms with Crippen molar-refractivity contribution in [2.75, 3.05) is 18.4 Å². The van der Waals surface area contributed by atoms with E-state index in [0.29, 0.717) is 18.3 Å². The van der Waals surface area contributed by atoms with Crippen molar-refractivity contribution in [2.24, 2.45) is 13.0 Å². The first-order valence-corrected chi connectivity index (χ1v) is 8.14. The number of anilines is 1. The summed E-state index contributed by atoms with van der Waals surface area (Å²) in [5.74, 6) is 2.70. The Balaban J connectivity index is 1.54. The van der Waals surface area contributed by atoms with Crippen LogP contribution in [0.25, 0.3) is 0 Å². The zero-order valence-electron chi connectivity index (χ0n) is 12.8. The summed E-state index contributed by atoms with van der Waals surface area (Å²) >= 11 is 0. The normalized spacial score (nSPS) is 20.2. The maximum Gasteiger partial charge on any atom is 0.227 e. The van der Waals surface area contributed by atoms with Crippen LogP contribution >= 0.6 is 0 Å². The second kappa shape index (κ2) is 6.56. The van der Waals surface area contributed by atoms with Gasteiger partial charge in [-0.3, -0.25) is 10.1 Å². The molecule has 6 heteroatoms. The molecule has 1 saturated carbocycles. The molecule has 0 radical (unpaired) electrons. The quantitative estimate of drug-likeness (QED) is 0.868. The molecule has 1 aliphatic carbocycles. The number of aryl methyl sites for hydroxylation is 1. The molecule has 0 aromatic carbocycles. The standard InChI is InChI=1S/C15H25N5O/c1-20-15(17-13(21)6-5-11-3-2-4-11)18-14(19-20)12-7-9-16-10-8-12/h11-12,16H,2-10H2,1H3,(H,17,18,19,21). The van der Waals surface area contributed by atoms with Crippen molar-refractivity contribution in [3.8, 4) is 0 Å². The second-order valence-corrected chi connectivity index (χ2v) is 6.33. The fourth-order valence-corrected chi connectivity index (χ4v) is 3.07. The van der Waals surface area contributed by atoms with Crippen molar-refractivity contribution in [3.05, 3.63) is 5.82 Å². The Hall–Kier alpha value is -1.43. The minimum atomic E-state index is 0.0641. The third-order valence-corrected chi connectivity index (χ3v) is 4.74. The molecule has 0 spiro atoms. The maximum absolute atomic E-state index is 12.0. The smallest absolute Gasteiger partial charge is 0.227 e. The molecule has 1 aromatic heterocycles. The van der Waals surface area contributed by atoms with Crippen LogP contribution in [-0.2, 0) is 11.8 Å². The van der Waals surface area contributed by atoms with E-state index >= 15 is 0 Å². The number of aromatic nitrogens is 3. The van der Waals surface area contributed by atoms with Gasteiger partial charge >= 0.3 is 0 Å². The van der Waals surface area contributed by atoms with Gasteiger partial charge < -0.3 is 5.32 Å². The third-order valence-electron chi connectivity index (χ3n) is 4.74. The van der Waals surface area contributed by atoms with Gasteiger partial charge in [0, 0.05) is 19.4 Å². The van der Waals surface area contributed by atoms with Gasteiger partial charge in [0.05, 0.1) is 0 Å². The first-order chi connectivity index (χ1) is 10.2. The molecule has 0 atom stereocenters. The Morgan fingerprint density at radius 3 is 2.76 bits per heavy atom. The number of piperidine rings is 1. The summed E-state index contributed by atoms with van der Waals surface area (Å²) in [7, 11) is 1.85. The number of amides is 1. The molecule has 6 nitrogen and oxygen atoms in total. The molecule has 1 saturated heterocycles. The van der Waals surface area contributed by atoms with Gasteiger partial charge in [0.2, 0.25) is 11.9 Å². The van der Waals surface area contributed by atoms with E-state index < -0.39 is 0 Å². The summed E-state index contributed by atoms with van der Waals surface area (Å²) in [6.07, 6.45) is 7.65. The Labute approximate surface area is 125 Å². The number of carbonyl (C=O) groups excluding carboxylic acids is 1. The van der Waals surface area contributed by atoms with Gasteiger partial charge in [-0.05, 0) is 38.3 Å². The molecule has 1 aliphatic heterocycles. The lowest BCUT2D eigenvalue weighted by Crippen LogP contribution is -2.27. The van der Waals surface area contributed by atoms with Gasteiger partial charge in [0.15, 0.2) is 5.82 Å². The molecule has 2 heterocycles. The predicted octanol–water partition coefficient (Wildman–Crippen LogP) is 1.80. The van der Waals surface area contributed by atoms with Gasteiger partial charge in [-0.15, -0.1) is 0 Å². The van der Waals surface area contributed by atoms with E-state index in [-0.39, 0.29) is 5.91 Å². The third kappa shape index (κ3) is 3.61. The van der Waals surface area contributed by atoms with Crippen LogP contribution in [0.3, 0.4) is 0 Å². The summed E-state index contributed by atoms with van der Waals surface area (Å²) < 4.78 is 1.69. The molecule has 0 bridgehead atoms. The molecule has 2 aliphatic rings. The zero-order valence-corrected chi connectivity index (χ0v) is 12.8. The highest BCUT2D eigenvalue weighted by Gasteiger charge is 2.22. The monoisotopic (exact) mass is 291 g/mol. The second-order valence-electron chi connectivity index (χ2n) is 6.33. The van der Waals surface area contributed by atoms with Gasteiger partial charge in [-0.25, -0.2) is 4.68 Å². The Morgan fingerprint density at radius 1 is 1.33 bits per heavy atom. The maximum atomic E-state index is 12.0. The van der Waals surface area contributed by atoms with Crippen LogP contribution in [0.1, 0.15) is 56.7 Å². The van der Waals surface area contributed by atoms with E-state index in [1.807, 2.05) is 7.05 Å². The topological polar surface area (TPSA) is 71.8 Å². The molecule has 116 valence electrons. The van der Waals surface area contributed by atoms with E-state index in [2.05, 4.69) is 20.7 Å². The van der Waals surface area contributed by atoms with Crippen LogP contribution in [-0.4, -0.2) is 33.8 Å². The summed E-state index contributed by atoms with van der Waals surface area (Å²) in [5, 5.41) is 10.7. The summed E-state index contributed by atoms with van der Waals surface area (Å²) in [6, 6.07) is 0. The van der Waals surface area contributed by atoms with Gasteiger partial charge in [-0.1, -0.05) is 19.3 Å². The van der Waals surface area contributed by atoms with Crippen LogP contribution in [0.5, 0.6) is 0 Å². The molecular formula is C15H25N5O. The van der Waals surface area contributed by atoms with E-state index in [1.54, 1.807) is 4.68 Å². The fourth-order valence-electron chi connectivity index (χ4n) is 3.07. The highest BCUT2D eigenvalue weighted by Crippen LogP contribution is 2.30. The molecule has 1 amide bonds. The molecule has 1 aromatic rings. The lowest BCUT2D eigenvalue weighted by Gasteiger charge is -2.24. The van der Waals surface area contributed by atoms with Crippen molar-refractivity contribution in [2.45, 2.75) is 50.9 Å². The predicted molar refractivity (Wildman–Crippen MR) is 81.1 cm³/mol. The Bertz CT molecular complexity index is 488. The Morgan fingerprint density at radius 2 is 2.10 bits per heavy atom. The summed E-state index contributed by atoms with van der Waals surface area (Å²) in [4.78, 5) is 16.5. The largest absolute Gasteiger partial charge is 0.317 e. The number of hydrogen-bond donors (Lipinski definition) is 2. The van der Waals surface area contributed by atoms with Gasteiger partial charge in [0.25, 0.3) is 0 Å². The molecular weight excluding hydrogens is 266 g/mol. The minimum Gasteiger partial charge on any atom is -0.317 e. The Kier molecular flexibility index (Phi) is 4.53. The van der Waals surface area contributed by atoms with Crippen molar-refractivity contribution in [3.63, 3.8) is 0 Å².